The number of carbonyl (C=O) groups excluding carboxylic acids is 1. The monoisotopic (exact) mass is 474 g/mol. The van der Waals surface area contributed by atoms with Gasteiger partial charge in [0.25, 0.3) is 5.91 Å². The number of hydrogen-bond donors (Lipinski definition) is 1. The summed E-state index contributed by atoms with van der Waals surface area (Å²) in [7, 11) is 1.59. The standard InChI is InChI=1S/C27H23FN2O3S/c1-3-7-20-14-19(15-23(32-2)25(20)33-17-18-8-5-4-6-9-18)16-24-26(31)30-27(34-24)29-22-12-10-21(28)11-13-22/h3-6,8-16H,1,7,17H2,2H3,(H,29,30,31)/b24-16+. The summed E-state index contributed by atoms with van der Waals surface area (Å²) in [6, 6.07) is 19.4. The molecule has 1 amide bonds. The predicted octanol–water partition coefficient (Wildman–Crippen LogP) is 6.03. The van der Waals surface area contributed by atoms with E-state index in [9.17, 15) is 9.18 Å². The molecule has 0 bridgehead atoms. The van der Waals surface area contributed by atoms with Gasteiger partial charge in [-0.2, -0.15) is 0 Å². The van der Waals surface area contributed by atoms with Crippen LogP contribution in [0.2, 0.25) is 0 Å². The molecular formula is C27H23FN2O3S. The highest BCUT2D eigenvalue weighted by Gasteiger charge is 2.24. The fourth-order valence-electron chi connectivity index (χ4n) is 3.38. The van der Waals surface area contributed by atoms with Crippen molar-refractivity contribution < 1.29 is 18.7 Å². The Hall–Kier alpha value is -3.84. The highest BCUT2D eigenvalue weighted by atomic mass is 32.2. The predicted molar refractivity (Wildman–Crippen MR) is 135 cm³/mol. The first-order chi connectivity index (χ1) is 16.6. The minimum Gasteiger partial charge on any atom is -0.493 e. The number of methoxy groups -OCH3 is 1. The van der Waals surface area contributed by atoms with Crippen molar-refractivity contribution in [3.8, 4) is 11.5 Å². The van der Waals surface area contributed by atoms with Crippen molar-refractivity contribution in [1.82, 2.24) is 5.32 Å². The van der Waals surface area contributed by atoms with Gasteiger partial charge in [0.05, 0.1) is 17.7 Å². The molecule has 1 aliphatic rings. The van der Waals surface area contributed by atoms with Gasteiger partial charge in [0.15, 0.2) is 16.7 Å². The number of nitrogens with one attached hydrogen (secondary N) is 1. The Balaban J connectivity index is 1.59. The molecule has 0 spiro atoms. The summed E-state index contributed by atoms with van der Waals surface area (Å²) in [6.45, 7) is 4.26. The van der Waals surface area contributed by atoms with E-state index in [-0.39, 0.29) is 11.7 Å². The molecule has 34 heavy (non-hydrogen) atoms. The van der Waals surface area contributed by atoms with Gasteiger partial charge in [0.2, 0.25) is 0 Å². The summed E-state index contributed by atoms with van der Waals surface area (Å²) in [5.74, 6) is 0.633. The molecule has 1 N–H and O–H groups in total. The van der Waals surface area contributed by atoms with Crippen LogP contribution in [0.25, 0.3) is 6.08 Å². The molecule has 3 aromatic rings. The summed E-state index contributed by atoms with van der Waals surface area (Å²) in [5.41, 5.74) is 3.30. The molecule has 3 aromatic carbocycles. The number of rotatable bonds is 8. The average Bonchev–Trinajstić information content (AvgIpc) is 3.18. The Morgan fingerprint density at radius 1 is 1.12 bits per heavy atom. The zero-order chi connectivity index (χ0) is 23.9. The lowest BCUT2D eigenvalue weighted by Gasteiger charge is -2.16. The topological polar surface area (TPSA) is 59.9 Å². The molecule has 1 saturated heterocycles. The van der Waals surface area contributed by atoms with E-state index in [1.165, 1.54) is 23.9 Å². The van der Waals surface area contributed by atoms with Gasteiger partial charge in [-0.25, -0.2) is 9.38 Å². The molecule has 7 heteroatoms. The molecule has 1 heterocycles. The molecule has 5 nitrogen and oxygen atoms in total. The van der Waals surface area contributed by atoms with Gasteiger partial charge in [-0.3, -0.25) is 4.79 Å². The highest BCUT2D eigenvalue weighted by Crippen LogP contribution is 2.36. The van der Waals surface area contributed by atoms with Crippen molar-refractivity contribution in [1.29, 1.82) is 0 Å². The summed E-state index contributed by atoms with van der Waals surface area (Å²) >= 11 is 1.22. The third kappa shape index (κ3) is 5.74. The van der Waals surface area contributed by atoms with Crippen LogP contribution in [0.15, 0.2) is 89.3 Å². The van der Waals surface area contributed by atoms with Crippen LogP contribution in [-0.4, -0.2) is 18.2 Å². The minimum absolute atomic E-state index is 0.250. The van der Waals surface area contributed by atoms with E-state index in [0.29, 0.717) is 40.3 Å². The van der Waals surface area contributed by atoms with Gasteiger partial charge >= 0.3 is 0 Å². The molecule has 4 rings (SSSR count). The number of thioether (sulfide) groups is 1. The lowest BCUT2D eigenvalue weighted by atomic mass is 10.0. The van der Waals surface area contributed by atoms with E-state index in [1.807, 2.05) is 42.5 Å². The minimum atomic E-state index is -0.340. The Morgan fingerprint density at radius 2 is 1.88 bits per heavy atom. The number of nitrogens with zero attached hydrogens (tertiary/aromatic N) is 1. The van der Waals surface area contributed by atoms with Crippen molar-refractivity contribution in [2.75, 3.05) is 7.11 Å². The fourth-order valence-corrected chi connectivity index (χ4v) is 4.23. The largest absolute Gasteiger partial charge is 0.493 e. The second-order valence-corrected chi connectivity index (χ2v) is 8.47. The summed E-state index contributed by atoms with van der Waals surface area (Å²) < 4.78 is 24.8. The number of allylic oxidation sites excluding steroid dienone is 1. The SMILES string of the molecule is C=CCc1cc(/C=C2/SC(=Nc3ccc(F)cc3)NC2=O)cc(OC)c1OCc1ccccc1. The van der Waals surface area contributed by atoms with Gasteiger partial charge in [-0.1, -0.05) is 36.4 Å². The first-order valence-electron chi connectivity index (χ1n) is 10.6. The van der Waals surface area contributed by atoms with Crippen LogP contribution in [0.3, 0.4) is 0 Å². The molecule has 0 atom stereocenters. The quantitative estimate of drug-likeness (QED) is 0.320. The first kappa shape index (κ1) is 23.3. The number of benzene rings is 3. The Kier molecular flexibility index (Phi) is 7.44. The summed E-state index contributed by atoms with van der Waals surface area (Å²) in [5, 5.41) is 3.18. The summed E-state index contributed by atoms with van der Waals surface area (Å²) in [6.07, 6.45) is 4.16. The van der Waals surface area contributed by atoms with Crippen LogP contribution in [-0.2, 0) is 17.8 Å². The van der Waals surface area contributed by atoms with Gasteiger partial charge in [-0.05, 0) is 71.8 Å². The van der Waals surface area contributed by atoms with Crippen LogP contribution < -0.4 is 14.8 Å². The molecule has 0 aliphatic carbocycles. The number of ether oxygens (including phenoxy) is 2. The Morgan fingerprint density at radius 3 is 2.59 bits per heavy atom. The van der Waals surface area contributed by atoms with Crippen molar-refractivity contribution in [3.05, 3.63) is 107 Å². The van der Waals surface area contributed by atoms with Crippen molar-refractivity contribution in [2.45, 2.75) is 13.0 Å². The van der Waals surface area contributed by atoms with Crippen molar-refractivity contribution in [2.24, 2.45) is 4.99 Å². The third-order valence-corrected chi connectivity index (χ3v) is 5.88. The van der Waals surface area contributed by atoms with Gasteiger partial charge in [-0.15, -0.1) is 6.58 Å². The maximum absolute atomic E-state index is 13.1. The molecule has 0 saturated carbocycles. The van der Waals surface area contributed by atoms with Crippen LogP contribution in [0.1, 0.15) is 16.7 Å². The van der Waals surface area contributed by atoms with E-state index in [1.54, 1.807) is 31.4 Å². The van der Waals surface area contributed by atoms with E-state index in [4.69, 9.17) is 9.47 Å². The number of amides is 1. The average molecular weight is 475 g/mol. The van der Waals surface area contributed by atoms with E-state index in [0.717, 1.165) is 16.7 Å². The normalized spacial score (nSPS) is 15.4. The molecule has 1 fully saturated rings. The van der Waals surface area contributed by atoms with Crippen molar-refractivity contribution >= 4 is 34.6 Å². The van der Waals surface area contributed by atoms with E-state index < -0.39 is 0 Å². The van der Waals surface area contributed by atoms with Crippen LogP contribution >= 0.6 is 11.8 Å². The molecule has 0 aromatic heterocycles. The molecule has 0 unspecified atom stereocenters. The second-order valence-electron chi connectivity index (χ2n) is 7.44. The molecular weight excluding hydrogens is 451 g/mol. The number of carbonyl (C=O) groups is 1. The van der Waals surface area contributed by atoms with Crippen LogP contribution in [0.5, 0.6) is 11.5 Å². The number of amidine groups is 1. The maximum atomic E-state index is 13.1. The lowest BCUT2D eigenvalue weighted by molar-refractivity contribution is -0.115. The number of hydrogen-bond acceptors (Lipinski definition) is 5. The lowest BCUT2D eigenvalue weighted by Crippen LogP contribution is -2.19. The third-order valence-electron chi connectivity index (χ3n) is 4.97. The highest BCUT2D eigenvalue weighted by molar-refractivity contribution is 8.18. The maximum Gasteiger partial charge on any atom is 0.264 e. The zero-order valence-electron chi connectivity index (χ0n) is 18.6. The van der Waals surface area contributed by atoms with E-state index in [2.05, 4.69) is 16.9 Å². The second kappa shape index (κ2) is 10.9. The molecule has 1 aliphatic heterocycles. The number of halogens is 1. The molecule has 0 radical (unpaired) electrons. The smallest absolute Gasteiger partial charge is 0.264 e. The van der Waals surface area contributed by atoms with Gasteiger partial charge in [0.1, 0.15) is 12.4 Å². The van der Waals surface area contributed by atoms with Crippen LogP contribution in [0.4, 0.5) is 10.1 Å². The fraction of sp³-hybridized carbons (Fsp3) is 0.111. The number of aliphatic imine (C=N–C) groups is 1. The van der Waals surface area contributed by atoms with Gasteiger partial charge < -0.3 is 14.8 Å². The van der Waals surface area contributed by atoms with Crippen molar-refractivity contribution in [3.63, 3.8) is 0 Å². The first-order valence-corrected chi connectivity index (χ1v) is 11.4. The molecule has 172 valence electrons. The van der Waals surface area contributed by atoms with E-state index >= 15 is 0 Å². The zero-order valence-corrected chi connectivity index (χ0v) is 19.4. The Bertz CT molecular complexity index is 1250. The summed E-state index contributed by atoms with van der Waals surface area (Å²) in [4.78, 5) is 17.4. The van der Waals surface area contributed by atoms with Crippen LogP contribution in [0, 0.1) is 5.82 Å². The van der Waals surface area contributed by atoms with Gasteiger partial charge in [0, 0.05) is 5.56 Å². The Labute approximate surface area is 202 Å².